The molecule has 1 saturated heterocycles. The summed E-state index contributed by atoms with van der Waals surface area (Å²) >= 11 is 6.00. The lowest BCUT2D eigenvalue weighted by atomic mass is 10.1. The first-order valence-electron chi connectivity index (χ1n) is 8.41. The molecule has 1 aromatic carbocycles. The molecule has 2 heterocycles. The molecule has 1 amide bonds. The lowest BCUT2D eigenvalue weighted by Gasteiger charge is -2.23. The monoisotopic (exact) mass is 360 g/mol. The maximum Gasteiger partial charge on any atom is 0.272 e. The molecule has 132 valence electrons. The number of hydrogen-bond acceptors (Lipinski definition) is 4. The van der Waals surface area contributed by atoms with Crippen LogP contribution < -0.4 is 16.2 Å². The molecular weight excluding hydrogens is 340 g/mol. The van der Waals surface area contributed by atoms with E-state index < -0.39 is 0 Å². The molecule has 1 atom stereocenters. The Morgan fingerprint density at radius 2 is 2.08 bits per heavy atom. The Hall–Kier alpha value is -2.18. The van der Waals surface area contributed by atoms with E-state index in [-0.39, 0.29) is 29.2 Å². The predicted octanol–water partition coefficient (Wildman–Crippen LogP) is 2.31. The Balaban J connectivity index is 1.76. The minimum absolute atomic E-state index is 0.0341. The van der Waals surface area contributed by atoms with Crippen molar-refractivity contribution in [1.82, 2.24) is 20.4 Å². The van der Waals surface area contributed by atoms with Gasteiger partial charge in [0.25, 0.3) is 11.5 Å². The summed E-state index contributed by atoms with van der Waals surface area (Å²) in [5, 5.41) is 11.1. The number of piperidine rings is 1. The van der Waals surface area contributed by atoms with E-state index in [1.54, 1.807) is 6.07 Å². The van der Waals surface area contributed by atoms with E-state index in [4.69, 9.17) is 11.6 Å². The standard InChI is InChI=1S/C18H21ClN4O2/c1-12(13-3-2-4-14(19)11-13)21-18(25)16-5-6-17(24)23(22-16)15-7-9-20-10-8-15/h2-6,11-12,15,20H,7-10H2,1H3,(H,21,25)/t12-/m1/s1. The van der Waals surface area contributed by atoms with Crippen LogP contribution in [-0.2, 0) is 0 Å². The second kappa shape index (κ2) is 7.80. The van der Waals surface area contributed by atoms with Gasteiger partial charge in [-0.15, -0.1) is 0 Å². The number of halogens is 1. The van der Waals surface area contributed by atoms with Crippen molar-refractivity contribution in [2.75, 3.05) is 13.1 Å². The van der Waals surface area contributed by atoms with E-state index >= 15 is 0 Å². The molecule has 0 radical (unpaired) electrons. The van der Waals surface area contributed by atoms with Crippen molar-refractivity contribution >= 4 is 17.5 Å². The second-order valence-corrected chi connectivity index (χ2v) is 6.67. The molecule has 2 N–H and O–H groups in total. The van der Waals surface area contributed by atoms with Gasteiger partial charge in [-0.1, -0.05) is 23.7 Å². The van der Waals surface area contributed by atoms with Crippen LogP contribution in [0.2, 0.25) is 5.02 Å². The van der Waals surface area contributed by atoms with Crippen molar-refractivity contribution < 1.29 is 4.79 Å². The van der Waals surface area contributed by atoms with Gasteiger partial charge in [0, 0.05) is 11.1 Å². The van der Waals surface area contributed by atoms with E-state index in [9.17, 15) is 9.59 Å². The Kier molecular flexibility index (Phi) is 5.50. The summed E-state index contributed by atoms with van der Waals surface area (Å²) in [7, 11) is 0. The molecule has 25 heavy (non-hydrogen) atoms. The van der Waals surface area contributed by atoms with Gasteiger partial charge in [-0.25, -0.2) is 4.68 Å². The molecule has 0 bridgehead atoms. The van der Waals surface area contributed by atoms with Crippen LogP contribution in [0.1, 0.15) is 47.9 Å². The van der Waals surface area contributed by atoms with Gasteiger partial charge in [-0.05, 0) is 56.6 Å². The zero-order valence-electron chi connectivity index (χ0n) is 14.0. The van der Waals surface area contributed by atoms with Gasteiger partial charge < -0.3 is 10.6 Å². The molecule has 0 unspecified atom stereocenters. The highest BCUT2D eigenvalue weighted by atomic mass is 35.5. The van der Waals surface area contributed by atoms with Crippen LogP contribution in [-0.4, -0.2) is 28.8 Å². The third-order valence-corrected chi connectivity index (χ3v) is 4.64. The third-order valence-electron chi connectivity index (χ3n) is 4.41. The molecule has 0 aliphatic carbocycles. The molecule has 3 rings (SSSR count). The summed E-state index contributed by atoms with van der Waals surface area (Å²) in [5.74, 6) is -0.310. The van der Waals surface area contributed by atoms with Crippen molar-refractivity contribution in [1.29, 1.82) is 0 Å². The van der Waals surface area contributed by atoms with Crippen molar-refractivity contribution in [3.63, 3.8) is 0 Å². The van der Waals surface area contributed by atoms with Crippen LogP contribution in [0, 0.1) is 0 Å². The zero-order valence-corrected chi connectivity index (χ0v) is 14.8. The van der Waals surface area contributed by atoms with Crippen LogP contribution in [0.5, 0.6) is 0 Å². The third kappa shape index (κ3) is 4.27. The Morgan fingerprint density at radius 1 is 1.32 bits per heavy atom. The van der Waals surface area contributed by atoms with Gasteiger partial charge in [-0.2, -0.15) is 5.10 Å². The first kappa shape index (κ1) is 17.6. The first-order valence-corrected chi connectivity index (χ1v) is 8.79. The number of nitrogens with one attached hydrogen (secondary N) is 2. The molecule has 0 saturated carbocycles. The Bertz CT molecular complexity index is 815. The topological polar surface area (TPSA) is 76.0 Å². The maximum atomic E-state index is 12.5. The highest BCUT2D eigenvalue weighted by Crippen LogP contribution is 2.18. The van der Waals surface area contributed by atoms with Gasteiger partial charge in [0.15, 0.2) is 0 Å². The predicted molar refractivity (Wildman–Crippen MR) is 97.0 cm³/mol. The number of rotatable bonds is 4. The Morgan fingerprint density at radius 3 is 2.80 bits per heavy atom. The second-order valence-electron chi connectivity index (χ2n) is 6.23. The minimum Gasteiger partial charge on any atom is -0.344 e. The van der Waals surface area contributed by atoms with Crippen LogP contribution >= 0.6 is 11.6 Å². The van der Waals surface area contributed by atoms with Crippen molar-refractivity contribution in [2.24, 2.45) is 0 Å². The van der Waals surface area contributed by atoms with Gasteiger partial charge >= 0.3 is 0 Å². The number of amides is 1. The SMILES string of the molecule is C[C@@H](NC(=O)c1ccc(=O)n(C2CCNCC2)n1)c1cccc(Cl)c1. The highest BCUT2D eigenvalue weighted by Gasteiger charge is 2.19. The molecule has 1 aromatic heterocycles. The summed E-state index contributed by atoms with van der Waals surface area (Å²) in [6.45, 7) is 3.58. The lowest BCUT2D eigenvalue weighted by Crippen LogP contribution is -2.37. The van der Waals surface area contributed by atoms with E-state index in [1.807, 2.05) is 25.1 Å². The smallest absolute Gasteiger partial charge is 0.272 e. The zero-order chi connectivity index (χ0) is 17.8. The average Bonchev–Trinajstić information content (AvgIpc) is 2.62. The Labute approximate surface area is 151 Å². The summed E-state index contributed by atoms with van der Waals surface area (Å²) in [6, 6.07) is 10.1. The van der Waals surface area contributed by atoms with Crippen molar-refractivity contribution in [3.05, 3.63) is 63.0 Å². The number of nitrogens with zero attached hydrogens (tertiary/aromatic N) is 2. The fraction of sp³-hybridized carbons (Fsp3) is 0.389. The van der Waals surface area contributed by atoms with Gasteiger partial charge in [0.05, 0.1) is 12.1 Å². The fourth-order valence-corrected chi connectivity index (χ4v) is 3.19. The quantitative estimate of drug-likeness (QED) is 0.877. The fourth-order valence-electron chi connectivity index (χ4n) is 2.99. The number of hydrogen-bond donors (Lipinski definition) is 2. The molecule has 1 aliphatic rings. The summed E-state index contributed by atoms with van der Waals surface area (Å²) < 4.78 is 1.44. The number of carbonyl (C=O) groups excluding carboxylic acids is 1. The van der Waals surface area contributed by atoms with E-state index in [0.717, 1.165) is 31.5 Å². The molecule has 1 fully saturated rings. The lowest BCUT2D eigenvalue weighted by molar-refractivity contribution is 0.0931. The minimum atomic E-state index is -0.310. The molecule has 6 nitrogen and oxygen atoms in total. The number of aromatic nitrogens is 2. The van der Waals surface area contributed by atoms with E-state index in [1.165, 1.54) is 16.8 Å². The summed E-state index contributed by atoms with van der Waals surface area (Å²) in [4.78, 5) is 24.6. The molecule has 1 aliphatic heterocycles. The maximum absolute atomic E-state index is 12.5. The van der Waals surface area contributed by atoms with E-state index in [2.05, 4.69) is 15.7 Å². The first-order chi connectivity index (χ1) is 12.0. The summed E-state index contributed by atoms with van der Waals surface area (Å²) in [6.07, 6.45) is 1.66. The molecular formula is C18H21ClN4O2. The number of benzene rings is 1. The van der Waals surface area contributed by atoms with Gasteiger partial charge in [0.1, 0.15) is 5.69 Å². The van der Waals surface area contributed by atoms with Gasteiger partial charge in [-0.3, -0.25) is 9.59 Å². The molecule has 0 spiro atoms. The van der Waals surface area contributed by atoms with Crippen LogP contribution in [0.15, 0.2) is 41.2 Å². The van der Waals surface area contributed by atoms with Crippen LogP contribution in [0.25, 0.3) is 0 Å². The normalized spacial score (nSPS) is 16.4. The largest absolute Gasteiger partial charge is 0.344 e. The average molecular weight is 361 g/mol. The van der Waals surface area contributed by atoms with Crippen LogP contribution in [0.4, 0.5) is 0 Å². The molecule has 7 heteroatoms. The van der Waals surface area contributed by atoms with Gasteiger partial charge in [0.2, 0.25) is 0 Å². The van der Waals surface area contributed by atoms with Crippen molar-refractivity contribution in [3.8, 4) is 0 Å². The highest BCUT2D eigenvalue weighted by molar-refractivity contribution is 6.30. The van der Waals surface area contributed by atoms with E-state index in [0.29, 0.717) is 5.02 Å². The molecule has 2 aromatic rings. The number of carbonyl (C=O) groups is 1. The van der Waals surface area contributed by atoms with Crippen LogP contribution in [0.3, 0.4) is 0 Å². The summed E-state index contributed by atoms with van der Waals surface area (Å²) in [5.41, 5.74) is 0.978. The van der Waals surface area contributed by atoms with Crippen molar-refractivity contribution in [2.45, 2.75) is 31.8 Å².